The molecule has 2 heterocycles. The zero-order valence-electron chi connectivity index (χ0n) is 22.2. The second-order valence-electron chi connectivity index (χ2n) is 11.0. The molecule has 4 aromatic carbocycles. The lowest BCUT2D eigenvalue weighted by Gasteiger charge is -2.22. The molecular weight excluding hydrogens is 450 g/mol. The Hall–Kier alpha value is -4.17. The molecule has 0 bridgehead atoms. The van der Waals surface area contributed by atoms with Crippen molar-refractivity contribution in [3.63, 3.8) is 0 Å². The standard InChI is InChI=1S/C35H32NO/c1-23-15-20-28-27-13-9-10-14-32(27)37-34(28)33(23)31-21-29(30(22-36(31)5)35(2,3)4)26-18-16-25(17-19-26)24-11-7-6-8-12-24/h6-22H,1-5H3/q+1. The summed E-state index contributed by atoms with van der Waals surface area (Å²) in [5.74, 6) is 0. The Bertz CT molecular complexity index is 1750. The predicted octanol–water partition coefficient (Wildman–Crippen LogP) is 9.02. The van der Waals surface area contributed by atoms with Gasteiger partial charge in [-0.1, -0.05) is 106 Å². The van der Waals surface area contributed by atoms with Crippen molar-refractivity contribution in [3.8, 4) is 33.5 Å². The maximum absolute atomic E-state index is 6.47. The van der Waals surface area contributed by atoms with Crippen molar-refractivity contribution in [1.29, 1.82) is 0 Å². The zero-order valence-corrected chi connectivity index (χ0v) is 22.2. The fourth-order valence-corrected chi connectivity index (χ4v) is 5.41. The van der Waals surface area contributed by atoms with Gasteiger partial charge in [0.15, 0.2) is 6.20 Å². The molecular formula is C35H32NO+. The summed E-state index contributed by atoms with van der Waals surface area (Å²) in [7, 11) is 2.15. The Labute approximate surface area is 218 Å². The first kappa shape index (κ1) is 23.2. The van der Waals surface area contributed by atoms with Crippen LogP contribution in [0.4, 0.5) is 0 Å². The fourth-order valence-electron chi connectivity index (χ4n) is 5.41. The minimum Gasteiger partial charge on any atom is -0.455 e. The second-order valence-corrected chi connectivity index (χ2v) is 11.0. The minimum absolute atomic E-state index is 0.00978. The number of para-hydroxylation sites is 1. The van der Waals surface area contributed by atoms with E-state index < -0.39 is 0 Å². The van der Waals surface area contributed by atoms with Gasteiger partial charge in [0, 0.05) is 22.4 Å². The quantitative estimate of drug-likeness (QED) is 0.230. The Morgan fingerprint density at radius 3 is 2.05 bits per heavy atom. The van der Waals surface area contributed by atoms with E-state index in [1.165, 1.54) is 33.4 Å². The molecule has 0 N–H and O–H groups in total. The molecule has 0 saturated heterocycles. The SMILES string of the molecule is Cc1ccc2c(oc3ccccc32)c1-c1cc(-c2ccc(-c3ccccc3)cc2)c(C(C)(C)C)c[n+]1C. The number of benzene rings is 4. The van der Waals surface area contributed by atoms with Crippen molar-refractivity contribution in [3.05, 3.63) is 114 Å². The molecule has 182 valence electrons. The number of pyridine rings is 1. The van der Waals surface area contributed by atoms with Crippen LogP contribution in [0.1, 0.15) is 31.9 Å². The van der Waals surface area contributed by atoms with Gasteiger partial charge in [-0.2, -0.15) is 0 Å². The Morgan fingerprint density at radius 2 is 1.32 bits per heavy atom. The number of rotatable bonds is 3. The Balaban J connectivity index is 1.58. The van der Waals surface area contributed by atoms with Gasteiger partial charge in [0.1, 0.15) is 18.2 Å². The van der Waals surface area contributed by atoms with Crippen LogP contribution in [0.5, 0.6) is 0 Å². The molecule has 0 aliphatic heterocycles. The van der Waals surface area contributed by atoms with Crippen molar-refractivity contribution in [2.45, 2.75) is 33.1 Å². The van der Waals surface area contributed by atoms with Gasteiger partial charge in [0.2, 0.25) is 5.69 Å². The maximum Gasteiger partial charge on any atom is 0.216 e. The highest BCUT2D eigenvalue weighted by Crippen LogP contribution is 2.40. The van der Waals surface area contributed by atoms with Crippen LogP contribution in [0.25, 0.3) is 55.4 Å². The number of nitrogens with zero attached hydrogens (tertiary/aromatic N) is 1. The molecule has 0 aliphatic rings. The van der Waals surface area contributed by atoms with Crippen molar-refractivity contribution in [1.82, 2.24) is 0 Å². The number of hydrogen-bond acceptors (Lipinski definition) is 1. The number of furan rings is 1. The van der Waals surface area contributed by atoms with Crippen LogP contribution in [0.2, 0.25) is 0 Å². The van der Waals surface area contributed by atoms with Gasteiger partial charge in [-0.25, -0.2) is 4.57 Å². The van der Waals surface area contributed by atoms with E-state index in [-0.39, 0.29) is 5.41 Å². The van der Waals surface area contributed by atoms with Crippen molar-refractivity contribution >= 4 is 21.9 Å². The molecule has 0 unspecified atom stereocenters. The summed E-state index contributed by atoms with van der Waals surface area (Å²) in [6.45, 7) is 9.03. The van der Waals surface area contributed by atoms with Crippen LogP contribution in [0.15, 0.2) is 108 Å². The maximum atomic E-state index is 6.47. The van der Waals surface area contributed by atoms with Crippen LogP contribution in [-0.4, -0.2) is 0 Å². The first-order valence-corrected chi connectivity index (χ1v) is 12.9. The third-order valence-corrected chi connectivity index (χ3v) is 7.40. The van der Waals surface area contributed by atoms with Crippen molar-refractivity contribution in [2.75, 3.05) is 0 Å². The first-order valence-electron chi connectivity index (χ1n) is 12.9. The van der Waals surface area contributed by atoms with Crippen molar-refractivity contribution in [2.24, 2.45) is 7.05 Å². The molecule has 0 saturated carbocycles. The minimum atomic E-state index is -0.00978. The lowest BCUT2D eigenvalue weighted by atomic mass is 9.82. The summed E-state index contributed by atoms with van der Waals surface area (Å²) in [6.07, 6.45) is 2.30. The average Bonchev–Trinajstić information content (AvgIpc) is 3.27. The third kappa shape index (κ3) is 4.03. The number of aromatic nitrogens is 1. The van der Waals surface area contributed by atoms with E-state index in [4.69, 9.17) is 4.42 Å². The molecule has 2 heteroatoms. The molecule has 37 heavy (non-hydrogen) atoms. The smallest absolute Gasteiger partial charge is 0.216 e. The van der Waals surface area contributed by atoms with E-state index in [1.54, 1.807) is 0 Å². The van der Waals surface area contributed by atoms with Crippen LogP contribution in [0, 0.1) is 6.92 Å². The zero-order chi connectivity index (χ0) is 25.7. The molecule has 0 fully saturated rings. The summed E-state index contributed by atoms with van der Waals surface area (Å²) in [5, 5.41) is 2.31. The van der Waals surface area contributed by atoms with Gasteiger partial charge in [-0.15, -0.1) is 0 Å². The average molecular weight is 483 g/mol. The van der Waals surface area contributed by atoms with E-state index in [2.05, 4.69) is 137 Å². The lowest BCUT2D eigenvalue weighted by molar-refractivity contribution is -0.660. The summed E-state index contributed by atoms with van der Waals surface area (Å²) >= 11 is 0. The number of fused-ring (bicyclic) bond motifs is 3. The second kappa shape index (κ2) is 8.74. The Morgan fingerprint density at radius 1 is 0.676 bits per heavy atom. The highest BCUT2D eigenvalue weighted by atomic mass is 16.3. The van der Waals surface area contributed by atoms with Gasteiger partial charge < -0.3 is 4.42 Å². The van der Waals surface area contributed by atoms with Gasteiger partial charge in [0.25, 0.3) is 0 Å². The van der Waals surface area contributed by atoms with Crippen LogP contribution in [-0.2, 0) is 12.5 Å². The third-order valence-electron chi connectivity index (χ3n) is 7.40. The lowest BCUT2D eigenvalue weighted by Crippen LogP contribution is -2.34. The highest BCUT2D eigenvalue weighted by Gasteiger charge is 2.27. The molecule has 0 amide bonds. The van der Waals surface area contributed by atoms with Gasteiger partial charge >= 0.3 is 0 Å². The molecule has 0 atom stereocenters. The van der Waals surface area contributed by atoms with Gasteiger partial charge in [-0.05, 0) is 46.2 Å². The highest BCUT2D eigenvalue weighted by molar-refractivity contribution is 6.09. The molecule has 0 radical (unpaired) electrons. The van der Waals surface area contributed by atoms with Gasteiger partial charge in [-0.3, -0.25) is 0 Å². The van der Waals surface area contributed by atoms with E-state index in [0.29, 0.717) is 0 Å². The van der Waals surface area contributed by atoms with E-state index in [0.717, 1.165) is 33.2 Å². The Kier molecular flexibility index (Phi) is 5.49. The molecule has 0 spiro atoms. The molecule has 2 aromatic heterocycles. The number of aryl methyl sites for hydroxylation is 2. The van der Waals surface area contributed by atoms with Crippen LogP contribution < -0.4 is 4.57 Å². The normalized spacial score (nSPS) is 11.9. The van der Waals surface area contributed by atoms with E-state index in [9.17, 15) is 0 Å². The largest absolute Gasteiger partial charge is 0.455 e. The summed E-state index contributed by atoms with van der Waals surface area (Å²) in [5.41, 5.74) is 11.6. The monoisotopic (exact) mass is 482 g/mol. The summed E-state index contributed by atoms with van der Waals surface area (Å²) in [6, 6.07) is 34.6. The topological polar surface area (TPSA) is 17.0 Å². The summed E-state index contributed by atoms with van der Waals surface area (Å²) < 4.78 is 8.73. The predicted molar refractivity (Wildman–Crippen MR) is 155 cm³/mol. The first-order chi connectivity index (χ1) is 17.8. The fraction of sp³-hybridized carbons (Fsp3) is 0.171. The van der Waals surface area contributed by atoms with E-state index in [1.807, 2.05) is 6.07 Å². The molecule has 6 aromatic rings. The van der Waals surface area contributed by atoms with Crippen LogP contribution >= 0.6 is 0 Å². The molecule has 2 nitrogen and oxygen atoms in total. The van der Waals surface area contributed by atoms with E-state index >= 15 is 0 Å². The molecule has 6 rings (SSSR count). The van der Waals surface area contributed by atoms with Crippen molar-refractivity contribution < 1.29 is 8.98 Å². The van der Waals surface area contributed by atoms with Crippen LogP contribution in [0.3, 0.4) is 0 Å². The van der Waals surface area contributed by atoms with Gasteiger partial charge in [0.05, 0.1) is 5.56 Å². The number of hydrogen-bond donors (Lipinski definition) is 0. The summed E-state index contributed by atoms with van der Waals surface area (Å²) in [4.78, 5) is 0. The molecule has 0 aliphatic carbocycles.